The molecule has 23 heavy (non-hydrogen) atoms. The average Bonchev–Trinajstić information content (AvgIpc) is 3.00. The van der Waals surface area contributed by atoms with Gasteiger partial charge in [0, 0.05) is 13.0 Å². The largest absolute Gasteiger partial charge is 0.493 e. The summed E-state index contributed by atoms with van der Waals surface area (Å²) < 4.78 is 32.4. The van der Waals surface area contributed by atoms with Crippen LogP contribution in [0.15, 0.2) is 47.4 Å². The van der Waals surface area contributed by atoms with Crippen LogP contribution >= 0.6 is 0 Å². The summed E-state index contributed by atoms with van der Waals surface area (Å²) in [6.07, 6.45) is -0.0919. The van der Waals surface area contributed by atoms with E-state index in [1.165, 1.54) is 6.07 Å². The molecule has 3 rings (SSSR count). The summed E-state index contributed by atoms with van der Waals surface area (Å²) in [6.45, 7) is 2.41. The van der Waals surface area contributed by atoms with Gasteiger partial charge in [-0.05, 0) is 47.9 Å². The van der Waals surface area contributed by atoms with Crippen molar-refractivity contribution in [1.82, 2.24) is 4.72 Å². The highest BCUT2D eigenvalue weighted by atomic mass is 32.2. The second kappa shape index (κ2) is 6.31. The molecule has 0 aliphatic carbocycles. The number of hydrogen-bond acceptors (Lipinski definition) is 4. The first-order chi connectivity index (χ1) is 11.0. The molecule has 1 heterocycles. The van der Waals surface area contributed by atoms with E-state index in [4.69, 9.17) is 4.74 Å². The molecule has 0 bridgehead atoms. The Kier molecular flexibility index (Phi) is 4.39. The Hall–Kier alpha value is -1.89. The molecule has 1 aliphatic rings. The van der Waals surface area contributed by atoms with Gasteiger partial charge in [-0.25, -0.2) is 13.1 Å². The standard InChI is InChI=1S/C17H19NO4S/c1-12-3-2-4-15(9-12)23(20,21)18-11-16(19)13-5-6-17-14(10-13)7-8-22-17/h2-6,9-10,16,18-19H,7-8,11H2,1H3. The van der Waals surface area contributed by atoms with E-state index in [9.17, 15) is 13.5 Å². The Bertz CT molecular complexity index is 817. The van der Waals surface area contributed by atoms with E-state index < -0.39 is 16.1 Å². The van der Waals surface area contributed by atoms with Crippen LogP contribution in [0.2, 0.25) is 0 Å². The number of aliphatic hydroxyl groups excluding tert-OH is 1. The summed E-state index contributed by atoms with van der Waals surface area (Å²) in [4.78, 5) is 0.201. The highest BCUT2D eigenvalue weighted by molar-refractivity contribution is 7.89. The zero-order chi connectivity index (χ0) is 16.4. The summed E-state index contributed by atoms with van der Waals surface area (Å²) >= 11 is 0. The molecule has 2 N–H and O–H groups in total. The quantitative estimate of drug-likeness (QED) is 0.877. The summed E-state index contributed by atoms with van der Waals surface area (Å²) in [6, 6.07) is 12.1. The maximum Gasteiger partial charge on any atom is 0.240 e. The van der Waals surface area contributed by atoms with Crippen molar-refractivity contribution in [1.29, 1.82) is 0 Å². The van der Waals surface area contributed by atoms with Crippen LogP contribution in [0.1, 0.15) is 22.8 Å². The van der Waals surface area contributed by atoms with E-state index >= 15 is 0 Å². The van der Waals surface area contributed by atoms with E-state index in [2.05, 4.69) is 4.72 Å². The number of nitrogens with one attached hydrogen (secondary N) is 1. The minimum Gasteiger partial charge on any atom is -0.493 e. The molecular formula is C17H19NO4S. The van der Waals surface area contributed by atoms with Gasteiger partial charge in [0.15, 0.2) is 0 Å². The molecule has 5 nitrogen and oxygen atoms in total. The van der Waals surface area contributed by atoms with Gasteiger partial charge in [0.05, 0.1) is 17.6 Å². The van der Waals surface area contributed by atoms with Gasteiger partial charge in [0.25, 0.3) is 0 Å². The van der Waals surface area contributed by atoms with Gasteiger partial charge in [-0.1, -0.05) is 18.2 Å². The molecule has 0 spiro atoms. The van der Waals surface area contributed by atoms with Crippen LogP contribution in [-0.4, -0.2) is 26.7 Å². The number of aryl methyl sites for hydroxylation is 1. The lowest BCUT2D eigenvalue weighted by Crippen LogP contribution is -2.28. The third kappa shape index (κ3) is 3.55. The van der Waals surface area contributed by atoms with Gasteiger partial charge < -0.3 is 9.84 Å². The molecule has 1 unspecified atom stereocenters. The second-order valence-electron chi connectivity index (χ2n) is 5.65. The lowest BCUT2D eigenvalue weighted by Gasteiger charge is -2.14. The Morgan fingerprint density at radius 1 is 1.26 bits per heavy atom. The molecule has 122 valence electrons. The number of aliphatic hydroxyl groups is 1. The number of ether oxygens (including phenoxy) is 1. The topological polar surface area (TPSA) is 75.6 Å². The summed E-state index contributed by atoms with van der Waals surface area (Å²) in [7, 11) is -3.63. The van der Waals surface area contributed by atoms with Crippen molar-refractivity contribution in [2.24, 2.45) is 0 Å². The van der Waals surface area contributed by atoms with Crippen molar-refractivity contribution in [2.75, 3.05) is 13.2 Å². The molecule has 2 aromatic carbocycles. The number of sulfonamides is 1. The number of rotatable bonds is 5. The highest BCUT2D eigenvalue weighted by Crippen LogP contribution is 2.28. The van der Waals surface area contributed by atoms with Crippen molar-refractivity contribution in [3.05, 3.63) is 59.2 Å². The Balaban J connectivity index is 1.70. The summed E-state index contributed by atoms with van der Waals surface area (Å²) in [5.41, 5.74) is 2.59. The fraction of sp³-hybridized carbons (Fsp3) is 0.294. The van der Waals surface area contributed by atoms with E-state index in [-0.39, 0.29) is 11.4 Å². The van der Waals surface area contributed by atoms with Crippen molar-refractivity contribution in [2.45, 2.75) is 24.3 Å². The summed E-state index contributed by atoms with van der Waals surface area (Å²) in [5.74, 6) is 0.835. The fourth-order valence-electron chi connectivity index (χ4n) is 2.59. The van der Waals surface area contributed by atoms with Crippen LogP contribution in [0.4, 0.5) is 0 Å². The van der Waals surface area contributed by atoms with Crippen molar-refractivity contribution in [3.8, 4) is 5.75 Å². The Labute approximate surface area is 136 Å². The van der Waals surface area contributed by atoms with Gasteiger partial charge in [-0.15, -0.1) is 0 Å². The lowest BCUT2D eigenvalue weighted by atomic mass is 10.0. The van der Waals surface area contributed by atoms with Crippen molar-refractivity contribution in [3.63, 3.8) is 0 Å². The minimum atomic E-state index is -3.63. The fourth-order valence-corrected chi connectivity index (χ4v) is 3.73. The maximum atomic E-state index is 12.3. The first kappa shape index (κ1) is 16.0. The average molecular weight is 333 g/mol. The summed E-state index contributed by atoms with van der Waals surface area (Å²) in [5, 5.41) is 10.2. The third-order valence-electron chi connectivity index (χ3n) is 3.86. The van der Waals surface area contributed by atoms with E-state index in [1.807, 2.05) is 25.1 Å². The first-order valence-electron chi connectivity index (χ1n) is 7.46. The molecule has 0 amide bonds. The van der Waals surface area contributed by atoms with E-state index in [0.717, 1.165) is 23.3 Å². The normalized spacial score (nSPS) is 15.0. The predicted octanol–water partition coefficient (Wildman–Crippen LogP) is 1.94. The van der Waals surface area contributed by atoms with Gasteiger partial charge in [0.1, 0.15) is 5.75 Å². The molecule has 0 saturated carbocycles. The van der Waals surface area contributed by atoms with E-state index in [0.29, 0.717) is 12.2 Å². The molecule has 0 saturated heterocycles. The Morgan fingerprint density at radius 2 is 2.09 bits per heavy atom. The van der Waals surface area contributed by atoms with Crippen LogP contribution < -0.4 is 9.46 Å². The second-order valence-corrected chi connectivity index (χ2v) is 7.42. The van der Waals surface area contributed by atoms with Crippen LogP contribution in [-0.2, 0) is 16.4 Å². The third-order valence-corrected chi connectivity index (χ3v) is 5.29. The molecule has 0 radical (unpaired) electrons. The van der Waals surface area contributed by atoms with Gasteiger partial charge in [0.2, 0.25) is 10.0 Å². The Morgan fingerprint density at radius 3 is 2.87 bits per heavy atom. The van der Waals surface area contributed by atoms with Crippen LogP contribution in [0.25, 0.3) is 0 Å². The van der Waals surface area contributed by atoms with Gasteiger partial charge >= 0.3 is 0 Å². The monoisotopic (exact) mass is 333 g/mol. The SMILES string of the molecule is Cc1cccc(S(=O)(=O)NCC(O)c2ccc3c(c2)CCO3)c1. The molecular weight excluding hydrogens is 314 g/mol. The first-order valence-corrected chi connectivity index (χ1v) is 8.94. The molecule has 1 atom stereocenters. The number of hydrogen-bond donors (Lipinski definition) is 2. The molecule has 6 heteroatoms. The van der Waals surface area contributed by atoms with Gasteiger partial charge in [-0.3, -0.25) is 0 Å². The molecule has 1 aliphatic heterocycles. The van der Waals surface area contributed by atoms with Gasteiger partial charge in [-0.2, -0.15) is 0 Å². The highest BCUT2D eigenvalue weighted by Gasteiger charge is 2.19. The molecule has 2 aromatic rings. The van der Waals surface area contributed by atoms with Crippen LogP contribution in [0, 0.1) is 6.92 Å². The molecule has 0 fully saturated rings. The maximum absolute atomic E-state index is 12.3. The minimum absolute atomic E-state index is 0.0735. The molecule has 0 aromatic heterocycles. The van der Waals surface area contributed by atoms with E-state index in [1.54, 1.807) is 18.2 Å². The zero-order valence-electron chi connectivity index (χ0n) is 12.8. The zero-order valence-corrected chi connectivity index (χ0v) is 13.6. The van der Waals surface area contributed by atoms with Crippen LogP contribution in [0.5, 0.6) is 5.75 Å². The van der Waals surface area contributed by atoms with Crippen molar-refractivity contribution >= 4 is 10.0 Å². The van der Waals surface area contributed by atoms with Crippen molar-refractivity contribution < 1.29 is 18.3 Å². The van der Waals surface area contributed by atoms with Crippen LogP contribution in [0.3, 0.4) is 0 Å². The predicted molar refractivity (Wildman–Crippen MR) is 87.0 cm³/mol. The number of benzene rings is 2. The lowest BCUT2D eigenvalue weighted by molar-refractivity contribution is 0.182. The smallest absolute Gasteiger partial charge is 0.240 e. The number of fused-ring (bicyclic) bond motifs is 1.